The van der Waals surface area contributed by atoms with Gasteiger partial charge in [-0.3, -0.25) is 0 Å². The van der Waals surface area contributed by atoms with Gasteiger partial charge in [0.1, 0.15) is 0 Å². The minimum absolute atomic E-state index is 0.459. The van der Waals surface area contributed by atoms with Gasteiger partial charge in [-0.05, 0) is 19.3 Å². The molecular formula is C9H21NO. The predicted octanol–water partition coefficient (Wildman–Crippen LogP) is 1.36. The first-order valence-corrected chi connectivity index (χ1v) is 4.83. The molecule has 0 saturated heterocycles. The third-order valence-electron chi connectivity index (χ3n) is 1.87. The summed E-state index contributed by atoms with van der Waals surface area (Å²) >= 11 is 0. The van der Waals surface area contributed by atoms with Crippen molar-refractivity contribution in [1.29, 1.82) is 0 Å². The van der Waals surface area contributed by atoms with E-state index in [9.17, 15) is 5.21 Å². The highest BCUT2D eigenvalue weighted by Crippen LogP contribution is 1.89. The molecule has 0 aromatic heterocycles. The van der Waals surface area contributed by atoms with Crippen molar-refractivity contribution in [2.24, 2.45) is 0 Å². The number of hydrogen-bond donors (Lipinski definition) is 1. The lowest BCUT2D eigenvalue weighted by molar-refractivity contribution is -0.848. The summed E-state index contributed by atoms with van der Waals surface area (Å²) in [6, 6.07) is 0. The Morgan fingerprint density at radius 2 is 1.45 bits per heavy atom. The fourth-order valence-corrected chi connectivity index (χ4v) is 1.07. The molecule has 1 unspecified atom stereocenters. The molecule has 2 heteroatoms. The van der Waals surface area contributed by atoms with Crippen LogP contribution in [-0.2, 0) is 0 Å². The Morgan fingerprint density at radius 3 is 2.00 bits per heavy atom. The van der Waals surface area contributed by atoms with E-state index in [0.29, 0.717) is 5.06 Å². The van der Waals surface area contributed by atoms with Gasteiger partial charge in [0, 0.05) is 0 Å². The van der Waals surface area contributed by atoms with Gasteiger partial charge in [-0.2, -0.15) is 0 Å². The van der Waals surface area contributed by atoms with E-state index >= 15 is 0 Å². The van der Waals surface area contributed by atoms with Gasteiger partial charge in [0.25, 0.3) is 0 Å². The van der Waals surface area contributed by atoms with Gasteiger partial charge < -0.3 is 10.3 Å². The van der Waals surface area contributed by atoms with Crippen molar-refractivity contribution in [3.63, 3.8) is 0 Å². The fraction of sp³-hybridized carbons (Fsp3) is 1.00. The number of hydroxylamine groups is 2. The molecule has 11 heavy (non-hydrogen) atoms. The molecule has 0 aliphatic carbocycles. The fourth-order valence-electron chi connectivity index (χ4n) is 1.07. The van der Waals surface area contributed by atoms with Gasteiger partial charge in [0.05, 0.1) is 13.1 Å². The topological polar surface area (TPSA) is 27.5 Å². The summed E-state index contributed by atoms with van der Waals surface area (Å²) in [7, 11) is 0. The Kier molecular flexibility index (Phi) is 7.96. The van der Waals surface area contributed by atoms with Crippen molar-refractivity contribution in [3.05, 3.63) is 5.21 Å². The van der Waals surface area contributed by atoms with Crippen molar-refractivity contribution in [2.45, 2.75) is 46.0 Å². The second-order valence-electron chi connectivity index (χ2n) is 3.10. The van der Waals surface area contributed by atoms with Crippen LogP contribution in [0.5, 0.6) is 0 Å². The lowest BCUT2D eigenvalue weighted by Crippen LogP contribution is -3.07. The summed E-state index contributed by atoms with van der Waals surface area (Å²) in [6.07, 6.45) is 5.72. The molecule has 0 fully saturated rings. The maximum Gasteiger partial charge on any atom is 0.0768 e. The Morgan fingerprint density at radius 1 is 0.909 bits per heavy atom. The van der Waals surface area contributed by atoms with Crippen LogP contribution in [0.25, 0.3) is 0 Å². The number of nitrogens with one attached hydrogen (secondary N) is 1. The number of quaternary nitrogens is 1. The Labute approximate surface area is 70.2 Å². The third kappa shape index (κ3) is 7.82. The van der Waals surface area contributed by atoms with Gasteiger partial charge in [-0.15, -0.1) is 0 Å². The summed E-state index contributed by atoms with van der Waals surface area (Å²) in [5.74, 6) is 0. The number of unbranched alkanes of at least 4 members (excludes halogenated alkanes) is 3. The van der Waals surface area contributed by atoms with E-state index in [1.165, 1.54) is 12.8 Å². The first-order valence-electron chi connectivity index (χ1n) is 4.83. The van der Waals surface area contributed by atoms with Crippen LogP contribution in [0.1, 0.15) is 46.0 Å². The smallest absolute Gasteiger partial charge is 0.0768 e. The molecule has 1 atom stereocenters. The van der Waals surface area contributed by atoms with Crippen molar-refractivity contribution in [2.75, 3.05) is 13.1 Å². The minimum Gasteiger partial charge on any atom is -0.634 e. The van der Waals surface area contributed by atoms with E-state index < -0.39 is 0 Å². The molecule has 0 saturated carbocycles. The van der Waals surface area contributed by atoms with Crippen LogP contribution in [0.2, 0.25) is 0 Å². The molecule has 0 amide bonds. The van der Waals surface area contributed by atoms with Gasteiger partial charge in [-0.25, -0.2) is 0 Å². The van der Waals surface area contributed by atoms with Gasteiger partial charge in [-0.1, -0.05) is 26.7 Å². The lowest BCUT2D eigenvalue weighted by Gasteiger charge is -2.21. The summed E-state index contributed by atoms with van der Waals surface area (Å²) in [6.45, 7) is 5.91. The van der Waals surface area contributed by atoms with E-state index in [-0.39, 0.29) is 0 Å². The Bertz CT molecular complexity index is 76.0. The van der Waals surface area contributed by atoms with Crippen LogP contribution in [0.3, 0.4) is 0 Å². The molecule has 0 bridgehead atoms. The maximum absolute atomic E-state index is 11.1. The van der Waals surface area contributed by atoms with E-state index in [1.54, 1.807) is 0 Å². The molecule has 0 rings (SSSR count). The van der Waals surface area contributed by atoms with E-state index in [0.717, 1.165) is 32.4 Å². The van der Waals surface area contributed by atoms with Gasteiger partial charge in [0.15, 0.2) is 0 Å². The third-order valence-corrected chi connectivity index (χ3v) is 1.87. The summed E-state index contributed by atoms with van der Waals surface area (Å²) < 4.78 is 0. The molecule has 0 aromatic rings. The first-order chi connectivity index (χ1) is 5.31. The molecule has 0 aliphatic rings. The summed E-state index contributed by atoms with van der Waals surface area (Å²) in [5.41, 5.74) is 0. The van der Waals surface area contributed by atoms with E-state index in [2.05, 4.69) is 13.8 Å². The SMILES string of the molecule is CCCCC[NH+]([O-])CCCC. The highest BCUT2D eigenvalue weighted by atomic mass is 16.5. The zero-order valence-corrected chi connectivity index (χ0v) is 7.86. The van der Waals surface area contributed by atoms with Crippen molar-refractivity contribution in [3.8, 4) is 0 Å². The van der Waals surface area contributed by atoms with Crippen molar-refractivity contribution < 1.29 is 5.06 Å². The predicted molar refractivity (Wildman–Crippen MR) is 48.5 cm³/mol. The van der Waals surface area contributed by atoms with Crippen LogP contribution in [-0.4, -0.2) is 13.1 Å². The quantitative estimate of drug-likeness (QED) is 0.441. The maximum atomic E-state index is 11.1. The number of hydrogen-bond acceptors (Lipinski definition) is 1. The van der Waals surface area contributed by atoms with E-state index in [4.69, 9.17) is 0 Å². The molecule has 0 radical (unpaired) electrons. The summed E-state index contributed by atoms with van der Waals surface area (Å²) in [4.78, 5) is 0. The normalized spacial score (nSPS) is 13.4. The molecule has 2 nitrogen and oxygen atoms in total. The minimum atomic E-state index is 0.459. The zero-order valence-electron chi connectivity index (χ0n) is 7.86. The molecular weight excluding hydrogens is 138 g/mol. The first kappa shape index (κ1) is 10.9. The molecule has 0 heterocycles. The van der Waals surface area contributed by atoms with Crippen LogP contribution < -0.4 is 5.06 Å². The average molecular weight is 159 g/mol. The molecule has 68 valence electrons. The van der Waals surface area contributed by atoms with Gasteiger partial charge >= 0.3 is 0 Å². The van der Waals surface area contributed by atoms with Crippen LogP contribution in [0.15, 0.2) is 0 Å². The molecule has 0 aliphatic heterocycles. The molecule has 0 aromatic carbocycles. The van der Waals surface area contributed by atoms with Crippen molar-refractivity contribution >= 4 is 0 Å². The molecule has 1 N–H and O–H groups in total. The monoisotopic (exact) mass is 159 g/mol. The highest BCUT2D eigenvalue weighted by Gasteiger charge is 1.94. The summed E-state index contributed by atoms with van der Waals surface area (Å²) in [5, 5.41) is 11.5. The second-order valence-corrected chi connectivity index (χ2v) is 3.10. The Balaban J connectivity index is 3.02. The van der Waals surface area contributed by atoms with Crippen LogP contribution in [0.4, 0.5) is 0 Å². The lowest BCUT2D eigenvalue weighted by atomic mass is 10.2. The second kappa shape index (κ2) is 8.02. The standard InChI is InChI=1S/C9H21NO/c1-3-5-7-9-10(11)8-6-4-2/h10H,3-9H2,1-2H3. The van der Waals surface area contributed by atoms with Crippen LogP contribution >= 0.6 is 0 Å². The van der Waals surface area contributed by atoms with Gasteiger partial charge in [0.2, 0.25) is 0 Å². The van der Waals surface area contributed by atoms with Crippen LogP contribution in [0, 0.1) is 5.21 Å². The average Bonchev–Trinajstić information content (AvgIpc) is 2.01. The van der Waals surface area contributed by atoms with Crippen molar-refractivity contribution in [1.82, 2.24) is 0 Å². The Hall–Kier alpha value is -0.0800. The number of rotatable bonds is 7. The largest absolute Gasteiger partial charge is 0.634 e. The highest BCUT2D eigenvalue weighted by molar-refractivity contribution is 4.36. The van der Waals surface area contributed by atoms with E-state index in [1.807, 2.05) is 0 Å². The molecule has 0 spiro atoms. The zero-order chi connectivity index (χ0) is 8.53.